The summed E-state index contributed by atoms with van der Waals surface area (Å²) < 4.78 is 0. The van der Waals surface area contributed by atoms with Crippen LogP contribution >= 0.6 is 0 Å². The normalized spacial score (nSPS) is 27.5. The average molecular weight is 226 g/mol. The molecule has 1 amide bonds. The van der Waals surface area contributed by atoms with Crippen LogP contribution in [0, 0.1) is 11.8 Å². The molecule has 0 aromatic rings. The van der Waals surface area contributed by atoms with Crippen LogP contribution in [-0.2, 0) is 4.79 Å². The van der Waals surface area contributed by atoms with E-state index in [-0.39, 0.29) is 5.92 Å². The zero-order chi connectivity index (χ0) is 12.1. The minimum atomic E-state index is 0.188. The molecule has 0 aliphatic carbocycles. The molecule has 16 heavy (non-hydrogen) atoms. The van der Waals surface area contributed by atoms with E-state index in [1.54, 1.807) is 0 Å². The molecule has 0 bridgehead atoms. The van der Waals surface area contributed by atoms with Gasteiger partial charge in [-0.25, -0.2) is 0 Å². The largest absolute Gasteiger partial charge is 0.343 e. The molecule has 0 aromatic heterocycles. The number of amides is 1. The van der Waals surface area contributed by atoms with E-state index in [1.165, 1.54) is 0 Å². The van der Waals surface area contributed by atoms with Crippen molar-refractivity contribution in [1.29, 1.82) is 0 Å². The standard InChI is InChI=1S/C13H26N2O/c1-5-6-11(3)15(4)13(16)12-7-10(2)8-14-9-12/h10-12,14H,5-9H2,1-4H3. The first-order valence-corrected chi connectivity index (χ1v) is 6.53. The van der Waals surface area contributed by atoms with Gasteiger partial charge in [-0.15, -0.1) is 0 Å². The SMILES string of the molecule is CCCC(C)N(C)C(=O)C1CNCC(C)C1. The first-order chi connectivity index (χ1) is 7.56. The third-order valence-electron chi connectivity index (χ3n) is 3.63. The van der Waals surface area contributed by atoms with Crippen LogP contribution in [0.15, 0.2) is 0 Å². The van der Waals surface area contributed by atoms with E-state index in [2.05, 4.69) is 26.1 Å². The van der Waals surface area contributed by atoms with Gasteiger partial charge in [0.25, 0.3) is 0 Å². The Balaban J connectivity index is 2.48. The highest BCUT2D eigenvalue weighted by Crippen LogP contribution is 2.19. The van der Waals surface area contributed by atoms with Gasteiger partial charge in [0, 0.05) is 19.6 Å². The molecule has 1 rings (SSSR count). The highest BCUT2D eigenvalue weighted by atomic mass is 16.2. The highest BCUT2D eigenvalue weighted by molar-refractivity contribution is 5.79. The lowest BCUT2D eigenvalue weighted by atomic mass is 9.90. The van der Waals surface area contributed by atoms with Crippen molar-refractivity contribution in [2.45, 2.75) is 46.1 Å². The van der Waals surface area contributed by atoms with Crippen LogP contribution in [0.25, 0.3) is 0 Å². The van der Waals surface area contributed by atoms with Crippen LogP contribution in [0.5, 0.6) is 0 Å². The summed E-state index contributed by atoms with van der Waals surface area (Å²) in [4.78, 5) is 14.2. The Labute approximate surface area is 99.6 Å². The molecule has 3 atom stereocenters. The van der Waals surface area contributed by atoms with Gasteiger partial charge >= 0.3 is 0 Å². The van der Waals surface area contributed by atoms with E-state index in [1.807, 2.05) is 11.9 Å². The summed E-state index contributed by atoms with van der Waals surface area (Å²) in [6.07, 6.45) is 3.27. The Hall–Kier alpha value is -0.570. The predicted octanol–water partition coefficient (Wildman–Crippen LogP) is 1.88. The number of nitrogens with one attached hydrogen (secondary N) is 1. The molecule has 1 N–H and O–H groups in total. The van der Waals surface area contributed by atoms with E-state index >= 15 is 0 Å². The molecule has 1 saturated heterocycles. The van der Waals surface area contributed by atoms with Crippen LogP contribution in [0.2, 0.25) is 0 Å². The summed E-state index contributed by atoms with van der Waals surface area (Å²) in [5.41, 5.74) is 0. The van der Waals surface area contributed by atoms with Gasteiger partial charge < -0.3 is 10.2 Å². The molecule has 0 saturated carbocycles. The fraction of sp³-hybridized carbons (Fsp3) is 0.923. The molecule has 3 heteroatoms. The third-order valence-corrected chi connectivity index (χ3v) is 3.63. The van der Waals surface area contributed by atoms with E-state index < -0.39 is 0 Å². The molecule has 0 aromatic carbocycles. The van der Waals surface area contributed by atoms with Gasteiger partial charge in [0.05, 0.1) is 5.92 Å². The minimum Gasteiger partial charge on any atom is -0.343 e. The zero-order valence-electron chi connectivity index (χ0n) is 11.1. The van der Waals surface area contributed by atoms with E-state index in [0.717, 1.165) is 32.4 Å². The lowest BCUT2D eigenvalue weighted by Gasteiger charge is -2.33. The van der Waals surface area contributed by atoms with Crippen LogP contribution < -0.4 is 5.32 Å². The Kier molecular flexibility index (Phi) is 5.26. The monoisotopic (exact) mass is 226 g/mol. The predicted molar refractivity (Wildman–Crippen MR) is 67.3 cm³/mol. The van der Waals surface area contributed by atoms with Crippen molar-refractivity contribution in [2.24, 2.45) is 11.8 Å². The van der Waals surface area contributed by atoms with Gasteiger partial charge in [0.1, 0.15) is 0 Å². The molecule has 1 aliphatic rings. The van der Waals surface area contributed by atoms with Gasteiger partial charge in [-0.05, 0) is 32.2 Å². The number of hydrogen-bond acceptors (Lipinski definition) is 2. The molecule has 1 heterocycles. The first kappa shape index (κ1) is 13.5. The van der Waals surface area contributed by atoms with Crippen LogP contribution in [-0.4, -0.2) is 37.0 Å². The van der Waals surface area contributed by atoms with Crippen molar-refractivity contribution in [3.63, 3.8) is 0 Å². The van der Waals surface area contributed by atoms with Gasteiger partial charge in [0.15, 0.2) is 0 Å². The molecule has 94 valence electrons. The number of carbonyl (C=O) groups is 1. The number of rotatable bonds is 4. The molecule has 3 nitrogen and oxygen atoms in total. The Bertz CT molecular complexity index is 230. The number of hydrogen-bond donors (Lipinski definition) is 1. The van der Waals surface area contributed by atoms with Gasteiger partial charge in [0.2, 0.25) is 5.91 Å². The summed E-state index contributed by atoms with van der Waals surface area (Å²) in [5.74, 6) is 1.13. The summed E-state index contributed by atoms with van der Waals surface area (Å²) >= 11 is 0. The van der Waals surface area contributed by atoms with Crippen molar-refractivity contribution in [3.8, 4) is 0 Å². The fourth-order valence-corrected chi connectivity index (χ4v) is 2.46. The summed E-state index contributed by atoms with van der Waals surface area (Å²) in [6, 6.07) is 0.370. The molecular formula is C13H26N2O. The first-order valence-electron chi connectivity index (χ1n) is 6.53. The van der Waals surface area contributed by atoms with Crippen LogP contribution in [0.4, 0.5) is 0 Å². The van der Waals surface area contributed by atoms with E-state index in [9.17, 15) is 4.79 Å². The summed E-state index contributed by atoms with van der Waals surface area (Å²) in [5, 5.41) is 3.34. The quantitative estimate of drug-likeness (QED) is 0.794. The van der Waals surface area contributed by atoms with E-state index in [0.29, 0.717) is 17.9 Å². The van der Waals surface area contributed by atoms with Crippen molar-refractivity contribution >= 4 is 5.91 Å². The zero-order valence-corrected chi connectivity index (χ0v) is 11.1. The minimum absolute atomic E-state index is 0.188. The second kappa shape index (κ2) is 6.24. The maximum absolute atomic E-state index is 12.2. The molecule has 1 aliphatic heterocycles. The number of piperidine rings is 1. The lowest BCUT2D eigenvalue weighted by molar-refractivity contribution is -0.137. The van der Waals surface area contributed by atoms with Crippen LogP contribution in [0.3, 0.4) is 0 Å². The molecule has 0 spiro atoms. The fourth-order valence-electron chi connectivity index (χ4n) is 2.46. The van der Waals surface area contributed by atoms with Gasteiger partial charge in [-0.3, -0.25) is 4.79 Å². The second-order valence-electron chi connectivity index (χ2n) is 5.28. The van der Waals surface area contributed by atoms with Crippen molar-refractivity contribution in [3.05, 3.63) is 0 Å². The van der Waals surface area contributed by atoms with Crippen molar-refractivity contribution in [2.75, 3.05) is 20.1 Å². The van der Waals surface area contributed by atoms with Gasteiger partial charge in [-0.1, -0.05) is 20.3 Å². The molecule has 3 unspecified atom stereocenters. The van der Waals surface area contributed by atoms with Crippen LogP contribution in [0.1, 0.15) is 40.0 Å². The van der Waals surface area contributed by atoms with Crippen molar-refractivity contribution < 1.29 is 4.79 Å². The highest BCUT2D eigenvalue weighted by Gasteiger charge is 2.28. The van der Waals surface area contributed by atoms with Gasteiger partial charge in [-0.2, -0.15) is 0 Å². The number of carbonyl (C=O) groups excluding carboxylic acids is 1. The Morgan fingerprint density at radius 2 is 2.19 bits per heavy atom. The summed E-state index contributed by atoms with van der Waals surface area (Å²) in [7, 11) is 1.95. The number of nitrogens with zero attached hydrogens (tertiary/aromatic N) is 1. The maximum Gasteiger partial charge on any atom is 0.226 e. The Morgan fingerprint density at radius 1 is 1.50 bits per heavy atom. The smallest absolute Gasteiger partial charge is 0.226 e. The average Bonchev–Trinajstić information content (AvgIpc) is 2.27. The summed E-state index contributed by atoms with van der Waals surface area (Å²) in [6.45, 7) is 8.42. The second-order valence-corrected chi connectivity index (χ2v) is 5.28. The van der Waals surface area contributed by atoms with E-state index in [4.69, 9.17) is 0 Å². The maximum atomic E-state index is 12.2. The Morgan fingerprint density at radius 3 is 2.75 bits per heavy atom. The molecular weight excluding hydrogens is 200 g/mol. The molecule has 1 fully saturated rings. The van der Waals surface area contributed by atoms with Crippen molar-refractivity contribution in [1.82, 2.24) is 10.2 Å². The lowest BCUT2D eigenvalue weighted by Crippen LogP contribution is -2.46. The topological polar surface area (TPSA) is 32.3 Å². The molecule has 0 radical (unpaired) electrons. The third kappa shape index (κ3) is 3.48.